The van der Waals surface area contributed by atoms with Crippen molar-refractivity contribution in [3.63, 3.8) is 0 Å². The Kier molecular flexibility index (Phi) is 7.21. The molecule has 5 aromatic heterocycles. The lowest BCUT2D eigenvalue weighted by Gasteiger charge is -2.10. The molecule has 294 valence electrons. The summed E-state index contributed by atoms with van der Waals surface area (Å²) >= 11 is 1.74. The molecule has 14 aromatic rings. The van der Waals surface area contributed by atoms with Gasteiger partial charge in [0, 0.05) is 54.8 Å². The smallest absolute Gasteiger partial charge is 0.195 e. The van der Waals surface area contributed by atoms with Crippen molar-refractivity contribution in [1.82, 2.24) is 18.5 Å². The second kappa shape index (κ2) is 13.2. The van der Waals surface area contributed by atoms with E-state index in [0.717, 1.165) is 71.9 Å². The first-order chi connectivity index (χ1) is 31.2. The molecule has 0 aliphatic rings. The molecule has 9 aromatic carbocycles. The third-order valence-electron chi connectivity index (χ3n) is 12.9. The van der Waals surface area contributed by atoms with Gasteiger partial charge in [0.1, 0.15) is 11.2 Å². The third kappa shape index (κ3) is 5.07. The minimum absolute atomic E-state index is 0.872. The standard InChI is InChI=1S/C57H34N4OS/c1-3-13-39(14-4-1)59-47-20-10-7-17-41(47)44-31-35(23-27-49(44)59)36-26-30-54-51(34-36)61-56(55(58-57(61)63-54)37-25-29-53-46(32-37)43-19-9-12-22-52(43)62-53)38-24-28-50-45(33-38)42-18-8-11-21-48(42)60(50)40-15-5-2-6-16-40/h1-34H. The first-order valence-corrected chi connectivity index (χ1v) is 22.1. The lowest BCUT2D eigenvalue weighted by molar-refractivity contribution is 0.669. The maximum atomic E-state index is 6.29. The number of hydrogen-bond donors (Lipinski definition) is 0. The minimum atomic E-state index is 0.872. The molecule has 5 heterocycles. The van der Waals surface area contributed by atoms with E-state index >= 15 is 0 Å². The molecule has 0 saturated heterocycles. The highest BCUT2D eigenvalue weighted by molar-refractivity contribution is 7.23. The molecule has 0 atom stereocenters. The summed E-state index contributed by atoms with van der Waals surface area (Å²) in [6, 6.07) is 74.3. The molecule has 0 N–H and O–H groups in total. The summed E-state index contributed by atoms with van der Waals surface area (Å²) in [5.41, 5.74) is 16.4. The SMILES string of the molecule is c1ccc(-n2c3ccccc3c3cc(-c4ccc5sc6nc(-c7ccc8oc9ccccc9c8c7)c(-c7ccc8c(c7)c7ccccc7n8-c7ccccc7)n6c5c4)ccc32)cc1. The Labute approximate surface area is 364 Å². The molecular formula is C57H34N4OS. The molecule has 63 heavy (non-hydrogen) atoms. The summed E-state index contributed by atoms with van der Waals surface area (Å²) in [5.74, 6) is 0. The van der Waals surface area contributed by atoms with Gasteiger partial charge < -0.3 is 13.6 Å². The van der Waals surface area contributed by atoms with E-state index in [9.17, 15) is 0 Å². The van der Waals surface area contributed by atoms with Crippen LogP contribution in [0.5, 0.6) is 0 Å². The van der Waals surface area contributed by atoms with Crippen molar-refractivity contribution in [1.29, 1.82) is 0 Å². The van der Waals surface area contributed by atoms with Crippen LogP contribution in [-0.4, -0.2) is 18.5 Å². The van der Waals surface area contributed by atoms with Crippen molar-refractivity contribution in [2.24, 2.45) is 0 Å². The molecule has 0 radical (unpaired) electrons. The fourth-order valence-electron chi connectivity index (χ4n) is 10.1. The largest absolute Gasteiger partial charge is 0.456 e. The van der Waals surface area contributed by atoms with Crippen LogP contribution in [0.25, 0.3) is 126 Å². The molecule has 14 rings (SSSR count). The molecule has 0 aliphatic heterocycles. The molecular weight excluding hydrogens is 789 g/mol. The molecule has 0 aliphatic carbocycles. The van der Waals surface area contributed by atoms with Crippen LogP contribution in [0.2, 0.25) is 0 Å². The summed E-state index contributed by atoms with van der Waals surface area (Å²) in [4.78, 5) is 6.47. The number of aromatic nitrogens is 4. The number of rotatable bonds is 5. The average Bonchev–Trinajstić information content (AvgIpc) is 4.15. The number of hydrogen-bond acceptors (Lipinski definition) is 3. The molecule has 0 bridgehead atoms. The zero-order chi connectivity index (χ0) is 41.2. The van der Waals surface area contributed by atoms with E-state index in [2.05, 4.69) is 208 Å². The maximum absolute atomic E-state index is 6.29. The highest BCUT2D eigenvalue weighted by Gasteiger charge is 2.23. The number of benzene rings is 9. The van der Waals surface area contributed by atoms with Crippen LogP contribution in [0.15, 0.2) is 211 Å². The van der Waals surface area contributed by atoms with Gasteiger partial charge in [0.2, 0.25) is 0 Å². The van der Waals surface area contributed by atoms with E-state index in [1.165, 1.54) is 53.9 Å². The quantitative estimate of drug-likeness (QED) is 0.173. The number of imidazole rings is 1. The molecule has 0 amide bonds. The summed E-state index contributed by atoms with van der Waals surface area (Å²) in [6.07, 6.45) is 0. The summed E-state index contributed by atoms with van der Waals surface area (Å²) < 4.78 is 14.6. The Hall–Kier alpha value is -8.19. The van der Waals surface area contributed by atoms with E-state index in [4.69, 9.17) is 9.40 Å². The molecule has 5 nitrogen and oxygen atoms in total. The monoisotopic (exact) mass is 822 g/mol. The fraction of sp³-hybridized carbons (Fsp3) is 0. The topological polar surface area (TPSA) is 40.3 Å². The van der Waals surface area contributed by atoms with Gasteiger partial charge in [0.05, 0.1) is 43.7 Å². The Morgan fingerprint density at radius 3 is 1.57 bits per heavy atom. The van der Waals surface area contributed by atoms with E-state index in [0.29, 0.717) is 0 Å². The van der Waals surface area contributed by atoms with Crippen molar-refractivity contribution >= 4 is 92.1 Å². The van der Waals surface area contributed by atoms with Crippen molar-refractivity contribution in [3.8, 4) is 45.0 Å². The van der Waals surface area contributed by atoms with Gasteiger partial charge in [-0.1, -0.05) is 121 Å². The summed E-state index contributed by atoms with van der Waals surface area (Å²) in [6.45, 7) is 0. The number of thiazole rings is 1. The zero-order valence-corrected chi connectivity index (χ0v) is 34.6. The highest BCUT2D eigenvalue weighted by atomic mass is 32.1. The van der Waals surface area contributed by atoms with E-state index < -0.39 is 0 Å². The van der Waals surface area contributed by atoms with Crippen molar-refractivity contribution in [2.45, 2.75) is 0 Å². The summed E-state index contributed by atoms with van der Waals surface area (Å²) in [5, 5.41) is 7.08. The Morgan fingerprint density at radius 1 is 0.365 bits per heavy atom. The highest BCUT2D eigenvalue weighted by Crippen LogP contribution is 2.44. The van der Waals surface area contributed by atoms with Crippen LogP contribution < -0.4 is 0 Å². The van der Waals surface area contributed by atoms with E-state index in [1.807, 2.05) is 12.1 Å². The van der Waals surface area contributed by atoms with Gasteiger partial charge in [-0.15, -0.1) is 0 Å². The van der Waals surface area contributed by atoms with Gasteiger partial charge in [-0.25, -0.2) is 4.98 Å². The van der Waals surface area contributed by atoms with E-state index in [-0.39, 0.29) is 0 Å². The third-order valence-corrected chi connectivity index (χ3v) is 13.9. The molecule has 0 fully saturated rings. The molecule has 0 saturated carbocycles. The first-order valence-electron chi connectivity index (χ1n) is 21.3. The maximum Gasteiger partial charge on any atom is 0.195 e. The van der Waals surface area contributed by atoms with Gasteiger partial charge in [0.15, 0.2) is 4.96 Å². The van der Waals surface area contributed by atoms with Gasteiger partial charge >= 0.3 is 0 Å². The second-order valence-electron chi connectivity index (χ2n) is 16.4. The Balaban J connectivity index is 1.01. The van der Waals surface area contributed by atoms with Crippen molar-refractivity contribution in [3.05, 3.63) is 206 Å². The van der Waals surface area contributed by atoms with Crippen LogP contribution in [0.4, 0.5) is 0 Å². The first kappa shape index (κ1) is 34.5. The van der Waals surface area contributed by atoms with Gasteiger partial charge in [0.25, 0.3) is 0 Å². The Morgan fingerprint density at radius 2 is 0.873 bits per heavy atom. The zero-order valence-electron chi connectivity index (χ0n) is 33.7. The second-order valence-corrected chi connectivity index (χ2v) is 17.4. The molecule has 6 heteroatoms. The van der Waals surface area contributed by atoms with Crippen molar-refractivity contribution in [2.75, 3.05) is 0 Å². The van der Waals surface area contributed by atoms with Gasteiger partial charge in [-0.2, -0.15) is 0 Å². The average molecular weight is 823 g/mol. The normalized spacial score (nSPS) is 12.1. The van der Waals surface area contributed by atoms with Crippen molar-refractivity contribution < 1.29 is 4.42 Å². The number of para-hydroxylation sites is 5. The number of fused-ring (bicyclic) bond motifs is 12. The van der Waals surface area contributed by atoms with Crippen LogP contribution in [-0.2, 0) is 0 Å². The van der Waals surface area contributed by atoms with E-state index in [1.54, 1.807) is 11.3 Å². The number of nitrogens with zero attached hydrogens (tertiary/aromatic N) is 4. The number of furan rings is 1. The lowest BCUT2D eigenvalue weighted by Crippen LogP contribution is -1.93. The van der Waals surface area contributed by atoms with Gasteiger partial charge in [-0.05, 0) is 108 Å². The molecule has 0 spiro atoms. The van der Waals surface area contributed by atoms with Crippen LogP contribution >= 0.6 is 11.3 Å². The summed E-state index contributed by atoms with van der Waals surface area (Å²) in [7, 11) is 0. The van der Waals surface area contributed by atoms with Gasteiger partial charge in [-0.3, -0.25) is 4.40 Å². The Bertz CT molecular complexity index is 4150. The van der Waals surface area contributed by atoms with Crippen LogP contribution in [0, 0.1) is 0 Å². The lowest BCUT2D eigenvalue weighted by atomic mass is 10.0. The predicted molar refractivity (Wildman–Crippen MR) is 263 cm³/mol. The van der Waals surface area contributed by atoms with Crippen LogP contribution in [0.3, 0.4) is 0 Å². The molecule has 0 unspecified atom stereocenters. The minimum Gasteiger partial charge on any atom is -0.456 e. The van der Waals surface area contributed by atoms with Crippen LogP contribution in [0.1, 0.15) is 0 Å². The predicted octanol–water partition coefficient (Wildman–Crippen LogP) is 15.6. The fourth-order valence-corrected chi connectivity index (χ4v) is 11.1.